The first-order valence-corrected chi connectivity index (χ1v) is 10.5. The van der Waals surface area contributed by atoms with Gasteiger partial charge in [0.25, 0.3) is 5.91 Å². The van der Waals surface area contributed by atoms with Gasteiger partial charge >= 0.3 is 0 Å². The second kappa shape index (κ2) is 7.25. The molecule has 2 amide bonds. The van der Waals surface area contributed by atoms with Crippen molar-refractivity contribution in [2.24, 2.45) is 0 Å². The van der Waals surface area contributed by atoms with Crippen molar-refractivity contribution in [1.29, 1.82) is 0 Å². The lowest BCUT2D eigenvalue weighted by Gasteiger charge is -2.46. The van der Waals surface area contributed by atoms with Crippen LogP contribution in [0.25, 0.3) is 0 Å². The molecule has 2 aliphatic heterocycles. The van der Waals surface area contributed by atoms with Gasteiger partial charge in [0, 0.05) is 44.3 Å². The zero-order valence-corrected chi connectivity index (χ0v) is 16.4. The first-order chi connectivity index (χ1) is 14.1. The van der Waals surface area contributed by atoms with Crippen LogP contribution in [0.2, 0.25) is 0 Å². The van der Waals surface area contributed by atoms with Gasteiger partial charge in [-0.15, -0.1) is 0 Å². The van der Waals surface area contributed by atoms with Crippen molar-refractivity contribution in [2.45, 2.75) is 56.1 Å². The molecule has 1 saturated carbocycles. The Kier molecular flexibility index (Phi) is 4.57. The van der Waals surface area contributed by atoms with Crippen LogP contribution >= 0.6 is 0 Å². The summed E-state index contributed by atoms with van der Waals surface area (Å²) in [5.74, 6) is 1.47. The average Bonchev–Trinajstić information content (AvgIpc) is 3.36. The number of likely N-dealkylation sites (tertiary alicyclic amines) is 1. The molecule has 6 heteroatoms. The van der Waals surface area contributed by atoms with E-state index in [0.717, 1.165) is 43.4 Å². The van der Waals surface area contributed by atoms with Crippen molar-refractivity contribution < 1.29 is 18.7 Å². The van der Waals surface area contributed by atoms with Gasteiger partial charge in [-0.2, -0.15) is 0 Å². The number of carbonyl (C=O) groups excluding carboxylic acids is 2. The van der Waals surface area contributed by atoms with Crippen LogP contribution in [0.4, 0.5) is 0 Å². The molecule has 6 nitrogen and oxygen atoms in total. The summed E-state index contributed by atoms with van der Waals surface area (Å²) in [6, 6.07) is 11.9. The molecular weight excluding hydrogens is 368 g/mol. The van der Waals surface area contributed by atoms with E-state index in [1.165, 1.54) is 6.26 Å². The average molecular weight is 394 g/mol. The summed E-state index contributed by atoms with van der Waals surface area (Å²) in [5.41, 5.74) is 0.803. The van der Waals surface area contributed by atoms with Crippen molar-refractivity contribution >= 4 is 11.8 Å². The minimum Gasteiger partial charge on any atom is -0.487 e. The molecule has 1 unspecified atom stereocenters. The van der Waals surface area contributed by atoms with Gasteiger partial charge in [-0.25, -0.2) is 0 Å². The van der Waals surface area contributed by atoms with Crippen molar-refractivity contribution in [3.63, 3.8) is 0 Å². The number of amides is 2. The summed E-state index contributed by atoms with van der Waals surface area (Å²) in [7, 11) is 0. The fourth-order valence-electron chi connectivity index (χ4n) is 4.64. The fourth-order valence-corrected chi connectivity index (χ4v) is 4.64. The normalized spacial score (nSPS) is 22.6. The highest BCUT2D eigenvalue weighted by Crippen LogP contribution is 2.46. The summed E-state index contributed by atoms with van der Waals surface area (Å²) in [6.07, 6.45) is 6.54. The summed E-state index contributed by atoms with van der Waals surface area (Å²) in [4.78, 5) is 26.9. The number of furan rings is 1. The maximum absolute atomic E-state index is 12.6. The van der Waals surface area contributed by atoms with Gasteiger partial charge < -0.3 is 19.4 Å². The van der Waals surface area contributed by atoms with Gasteiger partial charge in [0.15, 0.2) is 5.76 Å². The van der Waals surface area contributed by atoms with E-state index < -0.39 is 0 Å². The number of para-hydroxylation sites is 1. The lowest BCUT2D eigenvalue weighted by molar-refractivity contribution is -0.122. The van der Waals surface area contributed by atoms with E-state index in [1.54, 1.807) is 12.1 Å². The van der Waals surface area contributed by atoms with Gasteiger partial charge in [-0.05, 0) is 43.0 Å². The van der Waals surface area contributed by atoms with Crippen molar-refractivity contribution in [3.05, 3.63) is 54.0 Å². The molecule has 5 rings (SSSR count). The predicted octanol–water partition coefficient (Wildman–Crippen LogP) is 3.49. The molecule has 0 radical (unpaired) electrons. The molecule has 1 aliphatic carbocycles. The molecule has 1 spiro atoms. The molecule has 152 valence electrons. The number of ether oxygens (including phenoxy) is 1. The van der Waals surface area contributed by atoms with Crippen LogP contribution in [0, 0.1) is 0 Å². The van der Waals surface area contributed by atoms with E-state index in [1.807, 2.05) is 23.1 Å². The first kappa shape index (κ1) is 18.3. The van der Waals surface area contributed by atoms with Crippen molar-refractivity contribution in [3.8, 4) is 5.75 Å². The molecule has 3 heterocycles. The Balaban J connectivity index is 1.30. The number of benzene rings is 1. The number of hydrogen-bond donors (Lipinski definition) is 1. The molecule has 3 aliphatic rings. The lowest BCUT2D eigenvalue weighted by Crippen LogP contribution is -2.52. The molecule has 29 heavy (non-hydrogen) atoms. The number of piperidine rings is 1. The maximum atomic E-state index is 12.6. The Labute approximate surface area is 170 Å². The van der Waals surface area contributed by atoms with Crippen LogP contribution in [0.15, 0.2) is 47.1 Å². The SMILES string of the molecule is O=C(CC1CC2(CCN(C(=O)c3ccco3)CC2)Oc2ccccc21)NC1CC1. The highest BCUT2D eigenvalue weighted by molar-refractivity contribution is 5.91. The van der Waals surface area contributed by atoms with Crippen LogP contribution in [0.5, 0.6) is 5.75 Å². The molecule has 1 aromatic heterocycles. The number of rotatable bonds is 4. The van der Waals surface area contributed by atoms with Crippen LogP contribution in [0.3, 0.4) is 0 Å². The first-order valence-electron chi connectivity index (χ1n) is 10.5. The third kappa shape index (κ3) is 3.76. The van der Waals surface area contributed by atoms with Gasteiger partial charge in [-0.1, -0.05) is 18.2 Å². The van der Waals surface area contributed by atoms with Crippen molar-refractivity contribution in [1.82, 2.24) is 10.2 Å². The second-order valence-electron chi connectivity index (χ2n) is 8.54. The van der Waals surface area contributed by atoms with Crippen LogP contribution in [-0.2, 0) is 4.79 Å². The van der Waals surface area contributed by atoms with E-state index in [9.17, 15) is 9.59 Å². The Morgan fingerprint density at radius 1 is 1.10 bits per heavy atom. The smallest absolute Gasteiger partial charge is 0.289 e. The third-order valence-corrected chi connectivity index (χ3v) is 6.37. The molecule has 2 aromatic rings. The molecule has 1 saturated heterocycles. The van der Waals surface area contributed by atoms with E-state index in [0.29, 0.717) is 31.3 Å². The second-order valence-corrected chi connectivity index (χ2v) is 8.54. The highest BCUT2D eigenvalue weighted by atomic mass is 16.5. The van der Waals surface area contributed by atoms with Crippen LogP contribution in [-0.4, -0.2) is 41.4 Å². The number of carbonyl (C=O) groups is 2. The monoisotopic (exact) mass is 394 g/mol. The quantitative estimate of drug-likeness (QED) is 0.862. The zero-order chi connectivity index (χ0) is 19.8. The van der Waals surface area contributed by atoms with Crippen LogP contribution in [0.1, 0.15) is 60.6 Å². The number of fused-ring (bicyclic) bond motifs is 1. The maximum Gasteiger partial charge on any atom is 0.289 e. The Bertz CT molecular complexity index is 895. The Hall–Kier alpha value is -2.76. The van der Waals surface area contributed by atoms with Gasteiger partial charge in [-0.3, -0.25) is 9.59 Å². The van der Waals surface area contributed by atoms with Gasteiger partial charge in [0.2, 0.25) is 5.91 Å². The summed E-state index contributed by atoms with van der Waals surface area (Å²) < 4.78 is 11.8. The van der Waals surface area contributed by atoms with E-state index in [4.69, 9.17) is 9.15 Å². The minimum atomic E-state index is -0.321. The zero-order valence-electron chi connectivity index (χ0n) is 16.4. The van der Waals surface area contributed by atoms with E-state index in [-0.39, 0.29) is 23.3 Å². The minimum absolute atomic E-state index is 0.0681. The van der Waals surface area contributed by atoms with Gasteiger partial charge in [0.1, 0.15) is 11.4 Å². The lowest BCUT2D eigenvalue weighted by atomic mass is 9.76. The summed E-state index contributed by atoms with van der Waals surface area (Å²) in [5, 5.41) is 3.12. The Morgan fingerprint density at radius 2 is 1.90 bits per heavy atom. The highest BCUT2D eigenvalue weighted by Gasteiger charge is 2.44. The molecule has 1 aromatic carbocycles. The topological polar surface area (TPSA) is 71.8 Å². The van der Waals surface area contributed by atoms with Gasteiger partial charge in [0.05, 0.1) is 6.26 Å². The summed E-state index contributed by atoms with van der Waals surface area (Å²) >= 11 is 0. The van der Waals surface area contributed by atoms with E-state index >= 15 is 0 Å². The molecule has 1 atom stereocenters. The third-order valence-electron chi connectivity index (χ3n) is 6.37. The molecule has 0 bridgehead atoms. The standard InChI is InChI=1S/C23H26N2O4/c26-21(24-17-7-8-17)14-16-15-23(29-19-5-2-1-4-18(16)19)9-11-25(12-10-23)22(27)20-6-3-13-28-20/h1-6,13,16-17H,7-12,14-15H2,(H,24,26). The molecule has 2 fully saturated rings. The molecule has 1 N–H and O–H groups in total. The predicted molar refractivity (Wildman–Crippen MR) is 107 cm³/mol. The number of hydrogen-bond acceptors (Lipinski definition) is 4. The van der Waals surface area contributed by atoms with Crippen molar-refractivity contribution in [2.75, 3.05) is 13.1 Å². The molecular formula is C23H26N2O4. The number of nitrogens with zero attached hydrogens (tertiary/aromatic N) is 1. The van der Waals surface area contributed by atoms with E-state index in [2.05, 4.69) is 11.4 Å². The largest absolute Gasteiger partial charge is 0.487 e. The van der Waals surface area contributed by atoms with Crippen LogP contribution < -0.4 is 10.1 Å². The number of nitrogens with one attached hydrogen (secondary N) is 1. The fraction of sp³-hybridized carbons (Fsp3) is 0.478. The Morgan fingerprint density at radius 3 is 2.62 bits per heavy atom. The summed E-state index contributed by atoms with van der Waals surface area (Å²) in [6.45, 7) is 1.26.